The summed E-state index contributed by atoms with van der Waals surface area (Å²) < 4.78 is 0. The number of carbonyl (C=O) groups is 1. The molecule has 2 N–H and O–H groups in total. The lowest BCUT2D eigenvalue weighted by molar-refractivity contribution is -0.115. The molecule has 0 atom stereocenters. The maximum absolute atomic E-state index is 12.1. The number of pyridine rings is 1. The number of hydrogen-bond donors (Lipinski definition) is 2. The molecule has 1 amide bonds. The number of halogens is 1. The number of rotatable bonds is 5. The largest absolute Gasteiger partial charge is 0.340 e. The highest BCUT2D eigenvalue weighted by Crippen LogP contribution is 2.19. The fraction of sp³-hybridized carbons (Fsp3) is 0.143. The Bertz CT molecular complexity index is 906. The van der Waals surface area contributed by atoms with Crippen LogP contribution in [0.15, 0.2) is 60.8 Å². The van der Waals surface area contributed by atoms with Crippen LogP contribution in [0, 0.1) is 13.8 Å². The van der Waals surface area contributed by atoms with Gasteiger partial charge in [0.1, 0.15) is 5.82 Å². The molecule has 1 aromatic heterocycles. The molecule has 0 saturated heterocycles. The van der Waals surface area contributed by atoms with Gasteiger partial charge in [-0.25, -0.2) is 4.98 Å². The predicted molar refractivity (Wildman–Crippen MR) is 107 cm³/mol. The van der Waals surface area contributed by atoms with Crippen LogP contribution >= 0.6 is 11.6 Å². The lowest BCUT2D eigenvalue weighted by atomic mass is 10.1. The molecule has 26 heavy (non-hydrogen) atoms. The molecule has 0 unspecified atom stereocenters. The second-order valence-corrected chi connectivity index (χ2v) is 6.64. The van der Waals surface area contributed by atoms with Crippen molar-refractivity contribution in [2.75, 3.05) is 10.6 Å². The van der Waals surface area contributed by atoms with Gasteiger partial charge in [-0.05, 0) is 66.9 Å². The fourth-order valence-corrected chi connectivity index (χ4v) is 2.63. The molecule has 0 aliphatic carbocycles. The number of aryl methyl sites for hydroxylation is 2. The molecular formula is C21H20ClN3O. The molecule has 0 bridgehead atoms. The standard InChI is InChI=1S/C21H20ClN3O/c1-14-3-8-18(11-15(14)2)24-20-10-9-19(13-23-20)25-21(26)12-16-4-6-17(22)7-5-16/h3-11,13H,12H2,1-2H3,(H,23,24)(H,25,26). The van der Waals surface area contributed by atoms with Crippen molar-refractivity contribution in [3.63, 3.8) is 0 Å². The normalized spacial score (nSPS) is 10.4. The number of amides is 1. The van der Waals surface area contributed by atoms with Crippen molar-refractivity contribution in [1.29, 1.82) is 0 Å². The van der Waals surface area contributed by atoms with Gasteiger partial charge in [-0.1, -0.05) is 29.8 Å². The van der Waals surface area contributed by atoms with Crippen LogP contribution in [0.4, 0.5) is 17.2 Å². The van der Waals surface area contributed by atoms with E-state index in [1.54, 1.807) is 18.3 Å². The number of nitrogens with zero attached hydrogens (tertiary/aromatic N) is 1. The van der Waals surface area contributed by atoms with E-state index in [0.717, 1.165) is 17.1 Å². The molecule has 0 spiro atoms. The summed E-state index contributed by atoms with van der Waals surface area (Å²) in [4.78, 5) is 16.5. The highest BCUT2D eigenvalue weighted by molar-refractivity contribution is 6.30. The molecule has 1 heterocycles. The summed E-state index contributed by atoms with van der Waals surface area (Å²) in [6.45, 7) is 4.16. The summed E-state index contributed by atoms with van der Waals surface area (Å²) in [7, 11) is 0. The molecule has 5 heteroatoms. The molecule has 4 nitrogen and oxygen atoms in total. The Hall–Kier alpha value is -2.85. The van der Waals surface area contributed by atoms with E-state index >= 15 is 0 Å². The number of benzene rings is 2. The molecule has 0 saturated carbocycles. The van der Waals surface area contributed by atoms with Crippen molar-refractivity contribution in [2.45, 2.75) is 20.3 Å². The van der Waals surface area contributed by atoms with Gasteiger partial charge in [-0.2, -0.15) is 0 Å². The molecule has 2 aromatic carbocycles. The lowest BCUT2D eigenvalue weighted by Crippen LogP contribution is -2.14. The summed E-state index contributed by atoms with van der Waals surface area (Å²) in [6.07, 6.45) is 1.93. The SMILES string of the molecule is Cc1ccc(Nc2ccc(NC(=O)Cc3ccc(Cl)cc3)cn2)cc1C. The highest BCUT2D eigenvalue weighted by Gasteiger charge is 2.05. The first-order valence-electron chi connectivity index (χ1n) is 8.34. The van der Waals surface area contributed by atoms with Gasteiger partial charge in [0.05, 0.1) is 18.3 Å². The van der Waals surface area contributed by atoms with E-state index in [0.29, 0.717) is 17.1 Å². The van der Waals surface area contributed by atoms with Gasteiger partial charge in [-0.15, -0.1) is 0 Å². The molecule has 0 aliphatic heterocycles. The Morgan fingerprint density at radius 3 is 2.35 bits per heavy atom. The van der Waals surface area contributed by atoms with Crippen LogP contribution in [-0.4, -0.2) is 10.9 Å². The Labute approximate surface area is 158 Å². The molecule has 0 aliphatic rings. The van der Waals surface area contributed by atoms with Crippen molar-refractivity contribution < 1.29 is 4.79 Å². The van der Waals surface area contributed by atoms with E-state index in [9.17, 15) is 4.79 Å². The Kier molecular flexibility index (Phi) is 5.54. The number of anilines is 3. The van der Waals surface area contributed by atoms with E-state index in [1.165, 1.54) is 11.1 Å². The quantitative estimate of drug-likeness (QED) is 0.647. The Morgan fingerprint density at radius 1 is 0.962 bits per heavy atom. The van der Waals surface area contributed by atoms with Gasteiger partial charge in [-0.3, -0.25) is 4.79 Å². The molecule has 3 rings (SSSR count). The number of aromatic nitrogens is 1. The average Bonchev–Trinajstić information content (AvgIpc) is 2.62. The van der Waals surface area contributed by atoms with Crippen LogP contribution in [0.1, 0.15) is 16.7 Å². The predicted octanol–water partition coefficient (Wildman–Crippen LogP) is 5.28. The van der Waals surface area contributed by atoms with E-state index in [2.05, 4.69) is 41.6 Å². The number of nitrogens with one attached hydrogen (secondary N) is 2. The zero-order valence-electron chi connectivity index (χ0n) is 14.7. The van der Waals surface area contributed by atoms with E-state index in [4.69, 9.17) is 11.6 Å². The van der Waals surface area contributed by atoms with E-state index < -0.39 is 0 Å². The summed E-state index contributed by atoms with van der Waals surface area (Å²) in [5, 5.41) is 6.77. The zero-order valence-corrected chi connectivity index (χ0v) is 15.5. The monoisotopic (exact) mass is 365 g/mol. The van der Waals surface area contributed by atoms with E-state index in [1.807, 2.05) is 30.3 Å². The van der Waals surface area contributed by atoms with Gasteiger partial charge in [0.25, 0.3) is 0 Å². The average molecular weight is 366 g/mol. The summed E-state index contributed by atoms with van der Waals surface area (Å²) >= 11 is 5.85. The molecule has 0 radical (unpaired) electrons. The van der Waals surface area contributed by atoms with Crippen LogP contribution in [0.3, 0.4) is 0 Å². The summed E-state index contributed by atoms with van der Waals surface area (Å²) in [5.74, 6) is 0.632. The maximum Gasteiger partial charge on any atom is 0.228 e. The van der Waals surface area contributed by atoms with Gasteiger partial charge in [0.15, 0.2) is 0 Å². The first kappa shape index (κ1) is 18.0. The first-order valence-corrected chi connectivity index (χ1v) is 8.72. The minimum Gasteiger partial charge on any atom is -0.340 e. The third-order valence-corrected chi connectivity index (χ3v) is 4.36. The third kappa shape index (κ3) is 4.83. The van der Waals surface area contributed by atoms with E-state index in [-0.39, 0.29) is 5.91 Å². The van der Waals surface area contributed by atoms with Gasteiger partial charge >= 0.3 is 0 Å². The van der Waals surface area contributed by atoms with Crippen LogP contribution in [0.5, 0.6) is 0 Å². The minimum atomic E-state index is -0.0935. The smallest absolute Gasteiger partial charge is 0.228 e. The Balaban J connectivity index is 1.59. The van der Waals surface area contributed by atoms with Crippen LogP contribution in [0.25, 0.3) is 0 Å². The van der Waals surface area contributed by atoms with Crippen LogP contribution < -0.4 is 10.6 Å². The van der Waals surface area contributed by atoms with Gasteiger partial charge < -0.3 is 10.6 Å². The second kappa shape index (κ2) is 8.02. The second-order valence-electron chi connectivity index (χ2n) is 6.21. The molecule has 3 aromatic rings. The fourth-order valence-electron chi connectivity index (χ4n) is 2.50. The van der Waals surface area contributed by atoms with Crippen molar-refractivity contribution >= 4 is 34.7 Å². The van der Waals surface area contributed by atoms with Crippen molar-refractivity contribution in [3.05, 3.63) is 82.5 Å². The zero-order chi connectivity index (χ0) is 18.5. The lowest BCUT2D eigenvalue weighted by Gasteiger charge is -2.09. The topological polar surface area (TPSA) is 54.0 Å². The number of carbonyl (C=O) groups excluding carboxylic acids is 1. The van der Waals surface area contributed by atoms with Gasteiger partial charge in [0.2, 0.25) is 5.91 Å². The maximum atomic E-state index is 12.1. The van der Waals surface area contributed by atoms with Crippen molar-refractivity contribution in [1.82, 2.24) is 4.98 Å². The summed E-state index contributed by atoms with van der Waals surface area (Å²) in [6, 6.07) is 17.1. The third-order valence-electron chi connectivity index (χ3n) is 4.10. The van der Waals surface area contributed by atoms with Crippen LogP contribution in [-0.2, 0) is 11.2 Å². The molecule has 0 fully saturated rings. The van der Waals surface area contributed by atoms with Crippen molar-refractivity contribution in [2.24, 2.45) is 0 Å². The van der Waals surface area contributed by atoms with Crippen LogP contribution in [0.2, 0.25) is 5.02 Å². The minimum absolute atomic E-state index is 0.0935. The first-order chi connectivity index (χ1) is 12.5. The Morgan fingerprint density at radius 2 is 1.69 bits per heavy atom. The summed E-state index contributed by atoms with van der Waals surface area (Å²) in [5.41, 5.74) is 5.03. The molecular weight excluding hydrogens is 346 g/mol. The molecule has 132 valence electrons. The van der Waals surface area contributed by atoms with Gasteiger partial charge in [0, 0.05) is 10.7 Å². The highest BCUT2D eigenvalue weighted by atomic mass is 35.5. The van der Waals surface area contributed by atoms with Crippen molar-refractivity contribution in [3.8, 4) is 0 Å². The number of hydrogen-bond acceptors (Lipinski definition) is 3.